The van der Waals surface area contributed by atoms with Crippen LogP contribution in [0, 0.1) is 11.6 Å². The summed E-state index contributed by atoms with van der Waals surface area (Å²) >= 11 is 0. The number of hydrogen-bond acceptors (Lipinski definition) is 4. The molecule has 2 aromatic carbocycles. The van der Waals surface area contributed by atoms with E-state index in [-0.39, 0.29) is 29.1 Å². The number of carbonyl (C=O) groups excluding carboxylic acids is 1. The minimum absolute atomic E-state index is 0.0158. The number of benzene rings is 2. The van der Waals surface area contributed by atoms with Crippen LogP contribution in [-0.4, -0.2) is 22.1 Å². The molecule has 0 radical (unpaired) electrons. The van der Waals surface area contributed by atoms with Crippen molar-refractivity contribution in [1.82, 2.24) is 10.2 Å². The average molecular weight is 366 g/mol. The number of hydrogen-bond donors (Lipinski definition) is 1. The molecule has 7 heteroatoms. The molecule has 1 N–H and O–H groups in total. The minimum atomic E-state index is -0.737. The molecule has 2 heterocycles. The first-order chi connectivity index (χ1) is 13.0. The van der Waals surface area contributed by atoms with Gasteiger partial charge in [0.05, 0.1) is 0 Å². The molecule has 4 rings (SSSR count). The monoisotopic (exact) mass is 366 g/mol. The second kappa shape index (κ2) is 6.75. The lowest BCUT2D eigenvalue weighted by Crippen LogP contribution is -2.36. The van der Waals surface area contributed by atoms with Gasteiger partial charge in [-0.25, -0.2) is 8.78 Å². The lowest BCUT2D eigenvalue weighted by Gasteiger charge is -2.22. The minimum Gasteiger partial charge on any atom is -0.334 e. The molecule has 3 aromatic rings. The van der Waals surface area contributed by atoms with E-state index in [0.717, 1.165) is 29.8 Å². The summed E-state index contributed by atoms with van der Waals surface area (Å²) in [6, 6.07) is 14.3. The highest BCUT2D eigenvalue weighted by atomic mass is 19.1. The Kier molecular flexibility index (Phi) is 4.27. The van der Waals surface area contributed by atoms with E-state index in [1.165, 1.54) is 18.2 Å². The summed E-state index contributed by atoms with van der Waals surface area (Å²) in [5.74, 6) is -1.59. The predicted molar refractivity (Wildman–Crippen MR) is 98.1 cm³/mol. The summed E-state index contributed by atoms with van der Waals surface area (Å²) in [4.78, 5) is 14.6. The number of fused-ring (bicyclic) bond motifs is 1. The summed E-state index contributed by atoms with van der Waals surface area (Å²) in [7, 11) is 0. The molecule has 1 aliphatic heterocycles. The number of aromatic nitrogens is 2. The summed E-state index contributed by atoms with van der Waals surface area (Å²) in [5, 5.41) is 10.4. The SMILES string of the molecule is CC1Cc2ccccc2N1C(=O)c1ccc(Nc2c(F)cccc2F)nn1. The van der Waals surface area contributed by atoms with Crippen LogP contribution in [0.25, 0.3) is 0 Å². The molecule has 1 aromatic heterocycles. The maximum Gasteiger partial charge on any atom is 0.279 e. The zero-order valence-corrected chi connectivity index (χ0v) is 14.5. The van der Waals surface area contributed by atoms with E-state index in [1.54, 1.807) is 4.90 Å². The summed E-state index contributed by atoms with van der Waals surface area (Å²) in [5.41, 5.74) is 1.83. The van der Waals surface area contributed by atoms with Crippen molar-refractivity contribution in [2.45, 2.75) is 19.4 Å². The van der Waals surface area contributed by atoms with E-state index in [1.807, 2.05) is 31.2 Å². The van der Waals surface area contributed by atoms with E-state index >= 15 is 0 Å². The molecular weight excluding hydrogens is 350 g/mol. The number of carbonyl (C=O) groups is 1. The van der Waals surface area contributed by atoms with E-state index in [4.69, 9.17) is 0 Å². The van der Waals surface area contributed by atoms with Crippen molar-refractivity contribution in [1.29, 1.82) is 0 Å². The highest BCUT2D eigenvalue weighted by Crippen LogP contribution is 2.32. The standard InChI is InChI=1S/C20H16F2N4O/c1-12-11-13-5-2-3-8-17(13)26(12)20(27)16-9-10-18(25-24-16)23-19-14(21)6-4-7-15(19)22/h2-10,12H,11H2,1H3,(H,23,25). The zero-order valence-electron chi connectivity index (χ0n) is 14.5. The van der Waals surface area contributed by atoms with Gasteiger partial charge in [-0.15, -0.1) is 10.2 Å². The maximum absolute atomic E-state index is 13.7. The van der Waals surface area contributed by atoms with E-state index in [2.05, 4.69) is 15.5 Å². The van der Waals surface area contributed by atoms with E-state index < -0.39 is 11.6 Å². The molecule has 0 spiro atoms. The van der Waals surface area contributed by atoms with Gasteiger partial charge in [0.2, 0.25) is 0 Å². The molecule has 27 heavy (non-hydrogen) atoms. The van der Waals surface area contributed by atoms with Gasteiger partial charge in [0.25, 0.3) is 5.91 Å². The highest BCUT2D eigenvalue weighted by Gasteiger charge is 2.32. The molecule has 136 valence electrons. The molecule has 0 bridgehead atoms. The molecule has 0 aliphatic carbocycles. The first kappa shape index (κ1) is 17.1. The molecule has 0 saturated carbocycles. The van der Waals surface area contributed by atoms with Crippen molar-refractivity contribution >= 4 is 23.1 Å². The first-order valence-corrected chi connectivity index (χ1v) is 8.51. The van der Waals surface area contributed by atoms with Crippen LogP contribution in [0.15, 0.2) is 54.6 Å². The Morgan fingerprint density at radius 1 is 1.04 bits per heavy atom. The van der Waals surface area contributed by atoms with Gasteiger partial charge in [-0.1, -0.05) is 24.3 Å². The zero-order chi connectivity index (χ0) is 19.0. The quantitative estimate of drug-likeness (QED) is 0.759. The van der Waals surface area contributed by atoms with Crippen molar-refractivity contribution in [2.24, 2.45) is 0 Å². The molecule has 0 fully saturated rings. The van der Waals surface area contributed by atoms with Gasteiger partial charge in [0, 0.05) is 11.7 Å². The van der Waals surface area contributed by atoms with Crippen molar-refractivity contribution in [3.63, 3.8) is 0 Å². The third kappa shape index (κ3) is 3.12. The highest BCUT2D eigenvalue weighted by molar-refractivity contribution is 6.06. The van der Waals surface area contributed by atoms with Crippen LogP contribution >= 0.6 is 0 Å². The lowest BCUT2D eigenvalue weighted by atomic mass is 10.1. The fourth-order valence-electron chi connectivity index (χ4n) is 3.26. The van der Waals surface area contributed by atoms with Crippen LogP contribution in [0.1, 0.15) is 23.0 Å². The van der Waals surface area contributed by atoms with Gasteiger partial charge in [-0.2, -0.15) is 0 Å². The summed E-state index contributed by atoms with van der Waals surface area (Å²) in [6.07, 6.45) is 0.779. The van der Waals surface area contributed by atoms with Crippen molar-refractivity contribution in [2.75, 3.05) is 10.2 Å². The number of rotatable bonds is 3. The van der Waals surface area contributed by atoms with E-state index in [9.17, 15) is 13.6 Å². The van der Waals surface area contributed by atoms with Crippen LogP contribution in [0.2, 0.25) is 0 Å². The Bertz CT molecular complexity index is 987. The maximum atomic E-state index is 13.7. The number of para-hydroxylation sites is 2. The van der Waals surface area contributed by atoms with Crippen molar-refractivity contribution in [3.05, 3.63) is 77.5 Å². The molecule has 0 saturated heterocycles. The predicted octanol–water partition coefficient (Wildman–Crippen LogP) is 4.09. The second-order valence-electron chi connectivity index (χ2n) is 6.38. The Labute approximate surface area is 154 Å². The van der Waals surface area contributed by atoms with Crippen LogP contribution in [-0.2, 0) is 6.42 Å². The van der Waals surface area contributed by atoms with Gasteiger partial charge in [0.15, 0.2) is 11.5 Å². The number of amides is 1. The lowest BCUT2D eigenvalue weighted by molar-refractivity contribution is 0.0975. The average Bonchev–Trinajstić information content (AvgIpc) is 3.00. The molecule has 1 aliphatic rings. The van der Waals surface area contributed by atoms with Crippen LogP contribution in [0.5, 0.6) is 0 Å². The fraction of sp³-hybridized carbons (Fsp3) is 0.150. The Morgan fingerprint density at radius 3 is 2.48 bits per heavy atom. The number of nitrogens with zero attached hydrogens (tertiary/aromatic N) is 3. The van der Waals surface area contributed by atoms with Crippen LogP contribution in [0.3, 0.4) is 0 Å². The molecule has 1 amide bonds. The van der Waals surface area contributed by atoms with Gasteiger partial charge in [-0.3, -0.25) is 4.79 Å². The second-order valence-corrected chi connectivity index (χ2v) is 6.38. The van der Waals surface area contributed by atoms with Crippen molar-refractivity contribution < 1.29 is 13.6 Å². The molecule has 5 nitrogen and oxygen atoms in total. The topological polar surface area (TPSA) is 58.1 Å². The number of anilines is 3. The molecular formula is C20H16F2N4O. The Hall–Kier alpha value is -3.35. The van der Waals surface area contributed by atoms with Gasteiger partial charge in [0.1, 0.15) is 17.3 Å². The number of nitrogens with one attached hydrogen (secondary N) is 1. The largest absolute Gasteiger partial charge is 0.334 e. The normalized spacial score (nSPS) is 15.5. The van der Waals surface area contributed by atoms with Gasteiger partial charge in [-0.05, 0) is 49.2 Å². The Balaban J connectivity index is 1.57. The third-order valence-corrected chi connectivity index (χ3v) is 4.53. The van der Waals surface area contributed by atoms with Gasteiger partial charge < -0.3 is 10.2 Å². The molecule has 1 unspecified atom stereocenters. The first-order valence-electron chi connectivity index (χ1n) is 8.51. The fourth-order valence-corrected chi connectivity index (χ4v) is 3.26. The van der Waals surface area contributed by atoms with Crippen molar-refractivity contribution in [3.8, 4) is 0 Å². The van der Waals surface area contributed by atoms with Crippen LogP contribution < -0.4 is 10.2 Å². The summed E-state index contributed by atoms with van der Waals surface area (Å²) in [6.45, 7) is 1.97. The number of halogens is 2. The van der Waals surface area contributed by atoms with Crippen LogP contribution in [0.4, 0.5) is 26.0 Å². The Morgan fingerprint density at radius 2 is 1.78 bits per heavy atom. The molecule has 1 atom stereocenters. The van der Waals surface area contributed by atoms with E-state index in [0.29, 0.717) is 0 Å². The summed E-state index contributed by atoms with van der Waals surface area (Å²) < 4.78 is 27.4. The smallest absolute Gasteiger partial charge is 0.279 e. The third-order valence-electron chi connectivity index (χ3n) is 4.53. The van der Waals surface area contributed by atoms with Gasteiger partial charge >= 0.3 is 0 Å².